The van der Waals surface area contributed by atoms with E-state index >= 15 is 0 Å². The third kappa shape index (κ3) is 4.00. The molecule has 3 atom stereocenters. The van der Waals surface area contributed by atoms with E-state index in [9.17, 15) is 14.5 Å². The van der Waals surface area contributed by atoms with Gasteiger partial charge in [-0.3, -0.25) is 10.1 Å². The van der Waals surface area contributed by atoms with Gasteiger partial charge in [0.15, 0.2) is 0 Å². The van der Waals surface area contributed by atoms with Crippen LogP contribution in [0.25, 0.3) is 0 Å². The lowest BCUT2D eigenvalue weighted by Crippen LogP contribution is -2.38. The molecule has 1 saturated carbocycles. The summed E-state index contributed by atoms with van der Waals surface area (Å²) in [4.78, 5) is 10.3. The number of halogens is 1. The second kappa shape index (κ2) is 6.52. The number of rotatable bonds is 4. The molecule has 5 heteroatoms. The van der Waals surface area contributed by atoms with Crippen molar-refractivity contribution in [1.29, 1.82) is 0 Å². The monoisotopic (exact) mass is 294 g/mol. The Kier molecular flexibility index (Phi) is 4.93. The second-order valence-corrected chi connectivity index (χ2v) is 6.52. The molecular weight excluding hydrogens is 271 g/mol. The molecule has 0 heterocycles. The van der Waals surface area contributed by atoms with Gasteiger partial charge in [-0.15, -0.1) is 0 Å². The predicted molar refractivity (Wildman–Crippen MR) is 80.4 cm³/mol. The fraction of sp³-hybridized carbons (Fsp3) is 0.625. The van der Waals surface area contributed by atoms with E-state index in [1.807, 2.05) is 0 Å². The van der Waals surface area contributed by atoms with E-state index in [1.54, 1.807) is 0 Å². The van der Waals surface area contributed by atoms with Crippen LogP contribution in [-0.2, 0) is 6.42 Å². The lowest BCUT2D eigenvalue weighted by Gasteiger charge is -2.36. The van der Waals surface area contributed by atoms with Gasteiger partial charge in [-0.05, 0) is 55.1 Å². The molecule has 0 aromatic heterocycles. The minimum absolute atomic E-state index is 0.0994. The van der Waals surface area contributed by atoms with Gasteiger partial charge >= 0.3 is 0 Å². The van der Waals surface area contributed by atoms with Crippen LogP contribution in [0.1, 0.15) is 38.7 Å². The van der Waals surface area contributed by atoms with Crippen LogP contribution < -0.4 is 5.73 Å². The van der Waals surface area contributed by atoms with Crippen molar-refractivity contribution in [3.05, 3.63) is 39.7 Å². The minimum Gasteiger partial charge on any atom is -0.327 e. The van der Waals surface area contributed by atoms with Crippen molar-refractivity contribution >= 4 is 5.69 Å². The van der Waals surface area contributed by atoms with Crippen molar-refractivity contribution in [3.63, 3.8) is 0 Å². The number of benzene rings is 1. The van der Waals surface area contributed by atoms with Crippen molar-refractivity contribution in [2.45, 2.75) is 45.6 Å². The third-order valence-electron chi connectivity index (χ3n) is 4.68. The molecular formula is C16H23FN2O2. The van der Waals surface area contributed by atoms with E-state index in [2.05, 4.69) is 13.8 Å². The molecule has 2 N–H and O–H groups in total. The van der Waals surface area contributed by atoms with Gasteiger partial charge in [0.1, 0.15) is 5.82 Å². The van der Waals surface area contributed by atoms with E-state index in [-0.39, 0.29) is 17.6 Å². The summed E-state index contributed by atoms with van der Waals surface area (Å²) in [5.41, 5.74) is 6.68. The molecule has 1 aromatic rings. The maximum absolute atomic E-state index is 13.5. The van der Waals surface area contributed by atoms with Gasteiger partial charge in [0.05, 0.1) is 11.0 Å². The standard InChI is InChI=1S/C16H23FN2O2/c1-10(2)12-3-4-16(18)13(8-12)5-11-6-14(17)9-15(7-11)19(20)21/h6-7,9-10,12-13,16H,3-5,8,18H2,1-2H3. The normalized spacial score (nSPS) is 26.0. The van der Waals surface area contributed by atoms with Crippen LogP contribution in [0.15, 0.2) is 18.2 Å². The number of hydrogen-bond donors (Lipinski definition) is 1. The summed E-state index contributed by atoms with van der Waals surface area (Å²) in [6.07, 6.45) is 3.75. The lowest BCUT2D eigenvalue weighted by atomic mass is 9.72. The van der Waals surface area contributed by atoms with Gasteiger partial charge in [-0.2, -0.15) is 0 Å². The molecule has 1 aromatic carbocycles. The van der Waals surface area contributed by atoms with E-state index in [4.69, 9.17) is 5.73 Å². The molecule has 0 saturated heterocycles. The highest BCUT2D eigenvalue weighted by Crippen LogP contribution is 2.35. The van der Waals surface area contributed by atoms with Gasteiger partial charge in [-0.25, -0.2) is 4.39 Å². The van der Waals surface area contributed by atoms with E-state index < -0.39 is 10.7 Å². The zero-order valence-electron chi connectivity index (χ0n) is 12.6. The summed E-state index contributed by atoms with van der Waals surface area (Å²) in [6.45, 7) is 4.43. The van der Waals surface area contributed by atoms with Crippen LogP contribution in [0.3, 0.4) is 0 Å². The maximum Gasteiger partial charge on any atom is 0.272 e. The number of nitro groups is 1. The van der Waals surface area contributed by atoms with E-state index in [0.29, 0.717) is 23.8 Å². The van der Waals surface area contributed by atoms with Crippen molar-refractivity contribution < 1.29 is 9.31 Å². The minimum atomic E-state index is -0.552. The summed E-state index contributed by atoms with van der Waals surface area (Å²) in [5, 5.41) is 10.8. The fourth-order valence-corrected chi connectivity index (χ4v) is 3.32. The SMILES string of the molecule is CC(C)C1CCC(N)C(Cc2cc(F)cc([N+](=O)[O-])c2)C1. The Labute approximate surface area is 124 Å². The molecule has 0 spiro atoms. The molecule has 2 rings (SSSR count). The zero-order chi connectivity index (χ0) is 15.6. The van der Waals surface area contributed by atoms with Crippen molar-refractivity contribution in [3.8, 4) is 0 Å². The summed E-state index contributed by atoms with van der Waals surface area (Å²) in [7, 11) is 0. The summed E-state index contributed by atoms with van der Waals surface area (Å²) in [5.74, 6) is 0.969. The summed E-state index contributed by atoms with van der Waals surface area (Å²) < 4.78 is 13.5. The smallest absolute Gasteiger partial charge is 0.272 e. The molecule has 116 valence electrons. The Balaban J connectivity index is 2.14. The Morgan fingerprint density at radius 2 is 2.10 bits per heavy atom. The van der Waals surface area contributed by atoms with Gasteiger partial charge in [0.2, 0.25) is 0 Å². The summed E-state index contributed by atoms with van der Waals surface area (Å²) >= 11 is 0. The van der Waals surface area contributed by atoms with Gasteiger partial charge in [0, 0.05) is 12.1 Å². The second-order valence-electron chi connectivity index (χ2n) is 6.52. The first-order valence-corrected chi connectivity index (χ1v) is 7.56. The topological polar surface area (TPSA) is 69.2 Å². The molecule has 0 radical (unpaired) electrons. The zero-order valence-corrected chi connectivity index (χ0v) is 12.6. The van der Waals surface area contributed by atoms with Crippen LogP contribution in [0.2, 0.25) is 0 Å². The molecule has 1 aliphatic carbocycles. The van der Waals surface area contributed by atoms with Crippen LogP contribution in [-0.4, -0.2) is 11.0 Å². The molecule has 1 aliphatic rings. The quantitative estimate of drug-likeness (QED) is 0.680. The predicted octanol–water partition coefficient (Wildman–Crippen LogP) is 3.68. The van der Waals surface area contributed by atoms with Crippen LogP contribution in [0.4, 0.5) is 10.1 Å². The average molecular weight is 294 g/mol. The molecule has 21 heavy (non-hydrogen) atoms. The Hall–Kier alpha value is -1.49. The largest absolute Gasteiger partial charge is 0.327 e. The first-order valence-electron chi connectivity index (χ1n) is 7.56. The first-order chi connectivity index (χ1) is 9.86. The number of nitrogens with zero attached hydrogens (tertiary/aromatic N) is 1. The van der Waals surface area contributed by atoms with E-state index in [0.717, 1.165) is 25.3 Å². The Morgan fingerprint density at radius 1 is 1.38 bits per heavy atom. The maximum atomic E-state index is 13.5. The highest BCUT2D eigenvalue weighted by atomic mass is 19.1. The van der Waals surface area contributed by atoms with Gasteiger partial charge in [0.25, 0.3) is 5.69 Å². The van der Waals surface area contributed by atoms with E-state index in [1.165, 1.54) is 12.1 Å². The molecule has 4 nitrogen and oxygen atoms in total. The number of hydrogen-bond acceptors (Lipinski definition) is 3. The fourth-order valence-electron chi connectivity index (χ4n) is 3.32. The van der Waals surface area contributed by atoms with Gasteiger partial charge in [-0.1, -0.05) is 13.8 Å². The van der Waals surface area contributed by atoms with Crippen LogP contribution in [0.5, 0.6) is 0 Å². The number of nitro benzene ring substituents is 1. The Bertz CT molecular complexity index is 519. The van der Waals surface area contributed by atoms with Crippen molar-refractivity contribution in [1.82, 2.24) is 0 Å². The first kappa shape index (κ1) is 15.9. The van der Waals surface area contributed by atoms with Crippen LogP contribution in [0, 0.1) is 33.7 Å². The molecule has 3 unspecified atom stereocenters. The molecule has 0 bridgehead atoms. The summed E-state index contributed by atoms with van der Waals surface area (Å²) in [6, 6.07) is 3.91. The average Bonchev–Trinajstić information content (AvgIpc) is 2.40. The van der Waals surface area contributed by atoms with Crippen molar-refractivity contribution in [2.24, 2.45) is 23.5 Å². The van der Waals surface area contributed by atoms with Gasteiger partial charge < -0.3 is 5.73 Å². The van der Waals surface area contributed by atoms with Crippen LogP contribution >= 0.6 is 0 Å². The number of nitrogens with two attached hydrogens (primary N) is 1. The molecule has 1 fully saturated rings. The Morgan fingerprint density at radius 3 is 2.71 bits per heavy atom. The number of non-ortho nitro benzene ring substituents is 1. The lowest BCUT2D eigenvalue weighted by molar-refractivity contribution is -0.385. The highest BCUT2D eigenvalue weighted by molar-refractivity contribution is 5.35. The third-order valence-corrected chi connectivity index (χ3v) is 4.68. The molecule has 0 amide bonds. The van der Waals surface area contributed by atoms with Crippen molar-refractivity contribution in [2.75, 3.05) is 0 Å². The molecule has 0 aliphatic heterocycles. The highest BCUT2D eigenvalue weighted by Gasteiger charge is 2.30.